The number of amides is 2. The van der Waals surface area contributed by atoms with E-state index in [1.807, 2.05) is 7.05 Å². The summed E-state index contributed by atoms with van der Waals surface area (Å²) in [5, 5.41) is 2.75. The van der Waals surface area contributed by atoms with Crippen molar-refractivity contribution >= 4 is 23.3 Å². The fourth-order valence-corrected chi connectivity index (χ4v) is 2.86. The summed E-state index contributed by atoms with van der Waals surface area (Å²) in [7, 11) is 2.03. The molecule has 2 heterocycles. The molecule has 0 atom stereocenters. The number of carbonyl (C=O) groups is 3. The average Bonchev–Trinajstić information content (AvgIpc) is 2.68. The molecule has 0 saturated carbocycles. The van der Waals surface area contributed by atoms with E-state index in [0.717, 1.165) is 13.1 Å². The van der Waals surface area contributed by atoms with Crippen molar-refractivity contribution in [2.45, 2.75) is 6.92 Å². The quantitative estimate of drug-likeness (QED) is 0.836. The van der Waals surface area contributed by atoms with Gasteiger partial charge in [0, 0.05) is 49.8 Å². The molecule has 0 bridgehead atoms. The number of anilines is 1. The van der Waals surface area contributed by atoms with Crippen LogP contribution in [0.2, 0.25) is 0 Å². The van der Waals surface area contributed by atoms with E-state index < -0.39 is 0 Å². The van der Waals surface area contributed by atoms with Crippen molar-refractivity contribution in [3.05, 3.63) is 59.4 Å². The normalized spacial score (nSPS) is 14.7. The van der Waals surface area contributed by atoms with Crippen molar-refractivity contribution in [1.82, 2.24) is 14.8 Å². The van der Waals surface area contributed by atoms with Gasteiger partial charge in [0.05, 0.1) is 11.1 Å². The maximum Gasteiger partial charge on any atom is 0.257 e. The second-order valence-corrected chi connectivity index (χ2v) is 6.65. The van der Waals surface area contributed by atoms with Crippen LogP contribution in [0, 0.1) is 0 Å². The molecule has 7 nitrogen and oxygen atoms in total. The monoisotopic (exact) mass is 366 g/mol. The number of pyridine rings is 1. The van der Waals surface area contributed by atoms with Gasteiger partial charge in [-0.1, -0.05) is 0 Å². The molecule has 140 valence electrons. The van der Waals surface area contributed by atoms with E-state index in [2.05, 4.69) is 15.2 Å². The Balaban J connectivity index is 1.69. The summed E-state index contributed by atoms with van der Waals surface area (Å²) in [5.74, 6) is -0.505. The van der Waals surface area contributed by atoms with Gasteiger partial charge in [-0.05, 0) is 44.3 Å². The molecule has 1 aromatic carbocycles. The predicted octanol–water partition coefficient (Wildman–Crippen LogP) is 1.92. The van der Waals surface area contributed by atoms with Gasteiger partial charge in [-0.2, -0.15) is 0 Å². The molecule has 0 aliphatic carbocycles. The number of carbonyl (C=O) groups excluding carboxylic acids is 3. The van der Waals surface area contributed by atoms with Gasteiger partial charge in [0.25, 0.3) is 11.8 Å². The van der Waals surface area contributed by atoms with Gasteiger partial charge >= 0.3 is 0 Å². The Kier molecular flexibility index (Phi) is 5.61. The first kappa shape index (κ1) is 18.7. The lowest BCUT2D eigenvalue weighted by Gasteiger charge is -2.32. The molecule has 1 aliphatic heterocycles. The first-order valence-corrected chi connectivity index (χ1v) is 8.79. The molecule has 0 spiro atoms. The fourth-order valence-electron chi connectivity index (χ4n) is 2.86. The first-order valence-electron chi connectivity index (χ1n) is 8.79. The van der Waals surface area contributed by atoms with Crippen LogP contribution in [0.1, 0.15) is 38.0 Å². The Morgan fingerprint density at radius 3 is 2.19 bits per heavy atom. The number of Topliss-reactive ketones (excluding diaryl/α,β-unsaturated/α-hetero) is 1. The lowest BCUT2D eigenvalue weighted by molar-refractivity contribution is 0.0663. The van der Waals surface area contributed by atoms with Gasteiger partial charge in [0.15, 0.2) is 5.78 Å². The van der Waals surface area contributed by atoms with E-state index >= 15 is 0 Å². The number of likely N-dealkylation sites (N-methyl/N-ethyl adjacent to an activating group) is 1. The Morgan fingerprint density at radius 2 is 1.56 bits per heavy atom. The summed E-state index contributed by atoms with van der Waals surface area (Å²) >= 11 is 0. The van der Waals surface area contributed by atoms with Crippen molar-refractivity contribution in [3.8, 4) is 0 Å². The van der Waals surface area contributed by atoms with Crippen LogP contribution in [-0.2, 0) is 0 Å². The molecule has 0 unspecified atom stereocenters. The molecule has 0 radical (unpaired) electrons. The lowest BCUT2D eigenvalue weighted by atomic mass is 10.1. The van der Waals surface area contributed by atoms with E-state index in [4.69, 9.17) is 0 Å². The molecule has 1 aliphatic rings. The third kappa shape index (κ3) is 4.57. The number of hydrogen-bond acceptors (Lipinski definition) is 5. The van der Waals surface area contributed by atoms with Gasteiger partial charge in [0.1, 0.15) is 0 Å². The maximum atomic E-state index is 12.6. The van der Waals surface area contributed by atoms with E-state index in [0.29, 0.717) is 35.5 Å². The highest BCUT2D eigenvalue weighted by Gasteiger charge is 2.21. The van der Waals surface area contributed by atoms with Crippen molar-refractivity contribution in [3.63, 3.8) is 0 Å². The minimum atomic E-state index is -0.355. The Hall–Kier alpha value is -3.06. The standard InChI is InChI=1S/C20H22N4O3/c1-14(25)15-3-5-18(6-4-15)22-19(26)16-11-17(13-21-12-16)20(27)24-9-7-23(2)8-10-24/h3-6,11-13H,7-10H2,1-2H3,(H,22,26). The minimum Gasteiger partial charge on any atom is -0.336 e. The summed E-state index contributed by atoms with van der Waals surface area (Å²) in [6, 6.07) is 8.21. The summed E-state index contributed by atoms with van der Waals surface area (Å²) in [4.78, 5) is 44.4. The van der Waals surface area contributed by atoms with Crippen LogP contribution in [0.3, 0.4) is 0 Å². The highest BCUT2D eigenvalue weighted by atomic mass is 16.2. The molecule has 7 heteroatoms. The fraction of sp³-hybridized carbons (Fsp3) is 0.300. The highest BCUT2D eigenvalue weighted by Crippen LogP contribution is 2.13. The number of rotatable bonds is 4. The second kappa shape index (κ2) is 8.09. The Labute approximate surface area is 158 Å². The molecule has 3 rings (SSSR count). The van der Waals surface area contributed by atoms with E-state index in [1.165, 1.54) is 19.3 Å². The van der Waals surface area contributed by atoms with Crippen LogP contribution >= 0.6 is 0 Å². The minimum absolute atomic E-state index is 0.0350. The molecule has 1 N–H and O–H groups in total. The summed E-state index contributed by atoms with van der Waals surface area (Å²) < 4.78 is 0. The summed E-state index contributed by atoms with van der Waals surface area (Å²) in [6.45, 7) is 4.47. The zero-order valence-electron chi connectivity index (χ0n) is 15.4. The molecule has 1 aromatic heterocycles. The van der Waals surface area contributed by atoms with Gasteiger partial charge in [-0.3, -0.25) is 19.4 Å². The number of hydrogen-bond donors (Lipinski definition) is 1. The smallest absolute Gasteiger partial charge is 0.257 e. The summed E-state index contributed by atoms with van der Waals surface area (Å²) in [5.41, 5.74) is 1.86. The van der Waals surface area contributed by atoms with Crippen molar-refractivity contribution in [2.24, 2.45) is 0 Å². The van der Waals surface area contributed by atoms with Crippen molar-refractivity contribution in [1.29, 1.82) is 0 Å². The molecule has 1 saturated heterocycles. The van der Waals surface area contributed by atoms with Crippen LogP contribution < -0.4 is 5.32 Å². The zero-order valence-corrected chi connectivity index (χ0v) is 15.4. The van der Waals surface area contributed by atoms with Gasteiger partial charge in [0.2, 0.25) is 0 Å². The number of aromatic nitrogens is 1. The van der Waals surface area contributed by atoms with Crippen LogP contribution in [0.25, 0.3) is 0 Å². The largest absolute Gasteiger partial charge is 0.336 e. The topological polar surface area (TPSA) is 82.6 Å². The molecule has 27 heavy (non-hydrogen) atoms. The third-order valence-corrected chi connectivity index (χ3v) is 4.59. The van der Waals surface area contributed by atoms with Gasteiger partial charge < -0.3 is 15.1 Å². The number of piperazine rings is 1. The summed E-state index contributed by atoms with van der Waals surface area (Å²) in [6.07, 6.45) is 2.92. The maximum absolute atomic E-state index is 12.6. The number of benzene rings is 1. The SMILES string of the molecule is CC(=O)c1ccc(NC(=O)c2cncc(C(=O)N3CCN(C)CC3)c2)cc1. The highest BCUT2D eigenvalue weighted by molar-refractivity contribution is 6.06. The number of nitrogens with zero attached hydrogens (tertiary/aromatic N) is 3. The number of nitrogens with one attached hydrogen (secondary N) is 1. The Morgan fingerprint density at radius 1 is 0.926 bits per heavy atom. The molecule has 1 fully saturated rings. The molecular formula is C20H22N4O3. The third-order valence-electron chi connectivity index (χ3n) is 4.59. The first-order chi connectivity index (χ1) is 12.9. The van der Waals surface area contributed by atoms with Crippen LogP contribution in [-0.4, -0.2) is 65.6 Å². The van der Waals surface area contributed by atoms with Gasteiger partial charge in [-0.15, -0.1) is 0 Å². The zero-order chi connectivity index (χ0) is 19.4. The van der Waals surface area contributed by atoms with E-state index in [-0.39, 0.29) is 17.6 Å². The molecule has 2 aromatic rings. The predicted molar refractivity (Wildman–Crippen MR) is 102 cm³/mol. The Bertz CT molecular complexity index is 856. The molecular weight excluding hydrogens is 344 g/mol. The van der Waals surface area contributed by atoms with E-state index in [1.54, 1.807) is 35.2 Å². The van der Waals surface area contributed by atoms with Gasteiger partial charge in [-0.25, -0.2) is 0 Å². The van der Waals surface area contributed by atoms with Crippen LogP contribution in [0.15, 0.2) is 42.7 Å². The van der Waals surface area contributed by atoms with Crippen LogP contribution in [0.4, 0.5) is 5.69 Å². The molecule has 2 amide bonds. The second-order valence-electron chi connectivity index (χ2n) is 6.65. The van der Waals surface area contributed by atoms with Crippen molar-refractivity contribution < 1.29 is 14.4 Å². The van der Waals surface area contributed by atoms with E-state index in [9.17, 15) is 14.4 Å². The number of ketones is 1. The average molecular weight is 366 g/mol. The van der Waals surface area contributed by atoms with Crippen molar-refractivity contribution in [2.75, 3.05) is 38.5 Å². The van der Waals surface area contributed by atoms with Crippen LogP contribution in [0.5, 0.6) is 0 Å². The lowest BCUT2D eigenvalue weighted by Crippen LogP contribution is -2.47.